The largest absolute Gasteiger partial charge is 0.369 e. The van der Waals surface area contributed by atoms with E-state index in [-0.39, 0.29) is 12.8 Å². The molecule has 0 saturated carbocycles. The highest BCUT2D eigenvalue weighted by Gasteiger charge is 2.44. The second-order valence-corrected chi connectivity index (χ2v) is 11.1. The van der Waals surface area contributed by atoms with E-state index in [0.717, 1.165) is 69.2 Å². The van der Waals surface area contributed by atoms with Gasteiger partial charge in [-0.2, -0.15) is 0 Å². The molecule has 1 atom stereocenters. The lowest BCUT2D eigenvalue weighted by atomic mass is 9.95. The number of amides is 5. The monoisotopic (exact) mass is 559 g/mol. The lowest BCUT2D eigenvalue weighted by Gasteiger charge is -2.40. The molecule has 0 spiro atoms. The number of nitrogens with two attached hydrogens (primary N) is 1. The molecule has 1 aromatic carbocycles. The lowest BCUT2D eigenvalue weighted by molar-refractivity contribution is -0.136. The van der Waals surface area contributed by atoms with Crippen LogP contribution in [0.1, 0.15) is 56.8 Å². The van der Waals surface area contributed by atoms with Crippen LogP contribution in [0.25, 0.3) is 0 Å². The zero-order valence-corrected chi connectivity index (χ0v) is 22.8. The number of carbonyl (C=O) groups excluding carboxylic acids is 5. The molecule has 41 heavy (non-hydrogen) atoms. The van der Waals surface area contributed by atoms with Crippen LogP contribution in [0, 0.1) is 5.92 Å². The van der Waals surface area contributed by atoms with Crippen molar-refractivity contribution in [2.75, 3.05) is 55.6 Å². The number of hydrogen-bond donors (Lipinski definition) is 2. The third-order valence-electron chi connectivity index (χ3n) is 8.64. The third kappa shape index (κ3) is 5.15. The Morgan fingerprint density at radius 2 is 1.63 bits per heavy atom. The van der Waals surface area contributed by atoms with Gasteiger partial charge in [0.15, 0.2) is 0 Å². The van der Waals surface area contributed by atoms with E-state index in [1.807, 2.05) is 6.07 Å². The maximum atomic E-state index is 13.2. The smallest absolute Gasteiger partial charge is 0.262 e. The molecule has 5 heterocycles. The topological polar surface area (TPSA) is 149 Å². The number of carbonyl (C=O) groups is 5. The average molecular weight is 560 g/mol. The predicted molar refractivity (Wildman–Crippen MR) is 149 cm³/mol. The summed E-state index contributed by atoms with van der Waals surface area (Å²) in [4.78, 5) is 74.1. The van der Waals surface area contributed by atoms with E-state index in [1.165, 1.54) is 0 Å². The molecule has 4 aliphatic rings. The second-order valence-electron chi connectivity index (χ2n) is 11.1. The third-order valence-corrected chi connectivity index (χ3v) is 8.64. The Balaban J connectivity index is 1.03. The number of piperazine rings is 1. The van der Waals surface area contributed by atoms with Gasteiger partial charge in [0, 0.05) is 64.1 Å². The molecule has 214 valence electrons. The van der Waals surface area contributed by atoms with Crippen molar-refractivity contribution in [3.63, 3.8) is 0 Å². The molecule has 0 aliphatic carbocycles. The Labute approximate surface area is 237 Å². The van der Waals surface area contributed by atoms with Crippen LogP contribution in [0.4, 0.5) is 11.5 Å². The number of pyridine rings is 1. The van der Waals surface area contributed by atoms with Crippen LogP contribution in [0.5, 0.6) is 0 Å². The predicted octanol–water partition coefficient (Wildman–Crippen LogP) is 0.620. The fraction of sp³-hybridized carbons (Fsp3) is 0.448. The minimum atomic E-state index is -0.965. The van der Waals surface area contributed by atoms with Gasteiger partial charge in [-0.1, -0.05) is 0 Å². The molecular weight excluding hydrogens is 526 g/mol. The number of rotatable bonds is 6. The maximum Gasteiger partial charge on any atom is 0.262 e. The van der Waals surface area contributed by atoms with Crippen molar-refractivity contribution in [3.05, 3.63) is 53.2 Å². The maximum absolute atomic E-state index is 13.2. The zero-order valence-electron chi connectivity index (χ0n) is 22.8. The summed E-state index contributed by atoms with van der Waals surface area (Å²) in [6, 6.07) is 7.77. The molecule has 1 unspecified atom stereocenters. The van der Waals surface area contributed by atoms with E-state index in [2.05, 4.69) is 25.0 Å². The van der Waals surface area contributed by atoms with Crippen molar-refractivity contribution in [2.24, 2.45) is 11.7 Å². The number of piperidine rings is 2. The first-order chi connectivity index (χ1) is 19.8. The molecule has 3 saturated heterocycles. The Kier molecular flexibility index (Phi) is 7.16. The highest BCUT2D eigenvalue weighted by atomic mass is 16.2. The van der Waals surface area contributed by atoms with E-state index in [1.54, 1.807) is 30.5 Å². The number of hydrogen-bond acceptors (Lipinski definition) is 9. The van der Waals surface area contributed by atoms with Crippen LogP contribution in [0.2, 0.25) is 0 Å². The number of primary amides is 1. The first-order valence-corrected chi connectivity index (χ1v) is 14.1. The summed E-state index contributed by atoms with van der Waals surface area (Å²) in [6.07, 6.45) is 3.95. The van der Waals surface area contributed by atoms with Gasteiger partial charge >= 0.3 is 0 Å². The molecular formula is C29H33N7O5. The summed E-state index contributed by atoms with van der Waals surface area (Å²) >= 11 is 0. The number of fused-ring (bicyclic) bond motifs is 1. The minimum absolute atomic E-state index is 0.0961. The first kappa shape index (κ1) is 26.9. The van der Waals surface area contributed by atoms with E-state index in [4.69, 9.17) is 5.73 Å². The van der Waals surface area contributed by atoms with Crippen LogP contribution in [0.3, 0.4) is 0 Å². The SMILES string of the molecule is NC(=O)c1cccnc1N1CCC(CN2CCN(c3ccc4c(c3)C(=O)N(C3CCC(=O)NC3=O)C4=O)CC2)CC1. The normalized spacial score (nSPS) is 22.2. The van der Waals surface area contributed by atoms with Gasteiger partial charge in [0.1, 0.15) is 11.9 Å². The average Bonchev–Trinajstić information content (AvgIpc) is 3.22. The quantitative estimate of drug-likeness (QED) is 0.486. The number of nitrogens with zero attached hydrogens (tertiary/aromatic N) is 5. The van der Waals surface area contributed by atoms with Gasteiger partial charge < -0.3 is 15.5 Å². The summed E-state index contributed by atoms with van der Waals surface area (Å²) < 4.78 is 0. The van der Waals surface area contributed by atoms with E-state index in [9.17, 15) is 24.0 Å². The van der Waals surface area contributed by atoms with Crippen molar-refractivity contribution in [1.29, 1.82) is 0 Å². The number of imide groups is 2. The summed E-state index contributed by atoms with van der Waals surface area (Å²) in [7, 11) is 0. The van der Waals surface area contributed by atoms with Crippen molar-refractivity contribution < 1.29 is 24.0 Å². The second kappa shape index (κ2) is 10.9. The molecule has 0 radical (unpaired) electrons. The standard InChI is InChI=1S/C29H33N7O5/c30-25(38)21-2-1-9-31-26(21)35-10-7-18(8-11-35)17-33-12-14-34(15-13-33)19-3-4-20-22(16-19)29(41)36(28(20)40)23-5-6-24(37)32-27(23)39/h1-4,9,16,18,23H,5-8,10-15,17H2,(H2,30,38)(H,32,37,39). The molecule has 5 amide bonds. The Morgan fingerprint density at radius 1 is 0.902 bits per heavy atom. The summed E-state index contributed by atoms with van der Waals surface area (Å²) in [6.45, 7) is 6.04. The van der Waals surface area contributed by atoms with Gasteiger partial charge in [0.25, 0.3) is 17.7 Å². The molecule has 1 aromatic heterocycles. The van der Waals surface area contributed by atoms with Crippen molar-refractivity contribution >= 4 is 41.0 Å². The van der Waals surface area contributed by atoms with Crippen LogP contribution < -0.4 is 20.9 Å². The summed E-state index contributed by atoms with van der Waals surface area (Å²) in [5, 5.41) is 2.23. The number of anilines is 2. The number of aromatic nitrogens is 1. The van der Waals surface area contributed by atoms with Crippen molar-refractivity contribution in [3.8, 4) is 0 Å². The number of nitrogens with one attached hydrogen (secondary N) is 1. The first-order valence-electron chi connectivity index (χ1n) is 14.1. The van der Waals surface area contributed by atoms with Crippen LogP contribution in [-0.2, 0) is 9.59 Å². The molecule has 2 aromatic rings. The summed E-state index contributed by atoms with van der Waals surface area (Å²) in [5.41, 5.74) is 7.47. The van der Waals surface area contributed by atoms with Gasteiger partial charge in [-0.25, -0.2) is 4.98 Å². The van der Waals surface area contributed by atoms with E-state index in [0.29, 0.717) is 28.4 Å². The van der Waals surface area contributed by atoms with Gasteiger partial charge in [0.2, 0.25) is 11.8 Å². The number of benzene rings is 1. The summed E-state index contributed by atoms with van der Waals surface area (Å²) in [5.74, 6) is -1.21. The molecule has 3 fully saturated rings. The van der Waals surface area contributed by atoms with Crippen LogP contribution in [0.15, 0.2) is 36.5 Å². The van der Waals surface area contributed by atoms with E-state index >= 15 is 0 Å². The fourth-order valence-corrected chi connectivity index (χ4v) is 6.38. The molecule has 3 N–H and O–H groups in total. The lowest BCUT2D eigenvalue weighted by Crippen LogP contribution is -2.54. The van der Waals surface area contributed by atoms with Crippen molar-refractivity contribution in [2.45, 2.75) is 31.7 Å². The van der Waals surface area contributed by atoms with Gasteiger partial charge in [-0.15, -0.1) is 0 Å². The fourth-order valence-electron chi connectivity index (χ4n) is 6.38. The molecule has 4 aliphatic heterocycles. The van der Waals surface area contributed by atoms with Crippen LogP contribution in [-0.4, -0.2) is 96.2 Å². The molecule has 0 bridgehead atoms. The van der Waals surface area contributed by atoms with Gasteiger partial charge in [-0.05, 0) is 55.5 Å². The van der Waals surface area contributed by atoms with Crippen molar-refractivity contribution in [1.82, 2.24) is 20.1 Å². The highest BCUT2D eigenvalue weighted by molar-refractivity contribution is 6.23. The minimum Gasteiger partial charge on any atom is -0.369 e. The molecule has 12 heteroatoms. The van der Waals surface area contributed by atoms with Gasteiger partial charge in [0.05, 0.1) is 16.7 Å². The zero-order chi connectivity index (χ0) is 28.7. The molecule has 12 nitrogen and oxygen atoms in total. The highest BCUT2D eigenvalue weighted by Crippen LogP contribution is 2.31. The van der Waals surface area contributed by atoms with Crippen LogP contribution >= 0.6 is 0 Å². The molecule has 6 rings (SSSR count). The van der Waals surface area contributed by atoms with Gasteiger partial charge in [-0.3, -0.25) is 39.1 Å². The Hall–Kier alpha value is -4.32. The van der Waals surface area contributed by atoms with E-state index < -0.39 is 35.6 Å². The Bertz CT molecular complexity index is 1410. The Morgan fingerprint density at radius 3 is 2.34 bits per heavy atom.